The number of rotatable bonds is 5. The highest BCUT2D eigenvalue weighted by molar-refractivity contribution is 6.12. The van der Waals surface area contributed by atoms with Gasteiger partial charge in [-0.25, -0.2) is 0 Å². The van der Waals surface area contributed by atoms with Crippen LogP contribution in [0.4, 0.5) is 17.1 Å². The molecule has 242 valence electrons. The van der Waals surface area contributed by atoms with Crippen molar-refractivity contribution in [2.45, 2.75) is 19.3 Å². The molecule has 0 amide bonds. The normalized spacial score (nSPS) is 13.1. The Bertz CT molecular complexity index is 2730. The van der Waals surface area contributed by atoms with Gasteiger partial charge in [0, 0.05) is 32.8 Å². The summed E-state index contributed by atoms with van der Waals surface area (Å²) >= 11 is 0. The van der Waals surface area contributed by atoms with E-state index in [0.29, 0.717) is 0 Å². The minimum Gasteiger partial charge on any atom is -0.307 e. The molecule has 0 saturated carbocycles. The second kappa shape index (κ2) is 11.3. The standard InChI is InChI=1S/C49H36N2/c1-49(2)41-25-11-8-24-40(41)47-42(49)26-15-29-45(47)50(36-20-14-19-35(32-36)33-16-4-3-5-17-33)48-37-21-7-6-18-34(37)30-31-46(48)51-43-27-12-9-22-38(43)39-23-10-13-28-44(39)51/h3-32H,1-2H3. The second-order valence-corrected chi connectivity index (χ2v) is 14.1. The maximum Gasteiger partial charge on any atom is 0.0781 e. The van der Waals surface area contributed by atoms with Crippen molar-refractivity contribution in [2.24, 2.45) is 0 Å². The van der Waals surface area contributed by atoms with Crippen LogP contribution in [0.2, 0.25) is 0 Å². The molecule has 0 fully saturated rings. The molecule has 0 bridgehead atoms. The molecule has 0 atom stereocenters. The molecule has 0 N–H and O–H groups in total. The summed E-state index contributed by atoms with van der Waals surface area (Å²) in [5.41, 5.74) is 14.5. The van der Waals surface area contributed by atoms with E-state index in [9.17, 15) is 0 Å². The van der Waals surface area contributed by atoms with E-state index >= 15 is 0 Å². The van der Waals surface area contributed by atoms with Gasteiger partial charge in [0.15, 0.2) is 0 Å². The highest BCUT2D eigenvalue weighted by Crippen LogP contribution is 2.55. The Balaban J connectivity index is 1.36. The number of fused-ring (bicyclic) bond motifs is 7. The van der Waals surface area contributed by atoms with Crippen molar-refractivity contribution < 1.29 is 0 Å². The van der Waals surface area contributed by atoms with E-state index in [2.05, 4.69) is 205 Å². The van der Waals surface area contributed by atoms with Gasteiger partial charge >= 0.3 is 0 Å². The molecule has 8 aromatic carbocycles. The number of benzene rings is 8. The van der Waals surface area contributed by atoms with Crippen molar-refractivity contribution >= 4 is 49.6 Å². The Morgan fingerprint density at radius 3 is 1.86 bits per heavy atom. The molecule has 2 heteroatoms. The molecule has 1 aromatic heterocycles. The van der Waals surface area contributed by atoms with E-state index in [0.717, 1.165) is 17.1 Å². The lowest BCUT2D eigenvalue weighted by molar-refractivity contribution is 0.660. The van der Waals surface area contributed by atoms with Crippen molar-refractivity contribution in [3.8, 4) is 27.9 Å². The summed E-state index contributed by atoms with van der Waals surface area (Å²) in [4.78, 5) is 2.55. The average molecular weight is 653 g/mol. The third-order valence-electron chi connectivity index (χ3n) is 11.0. The van der Waals surface area contributed by atoms with Crippen LogP contribution in [0.3, 0.4) is 0 Å². The molecule has 9 aromatic rings. The molecule has 0 radical (unpaired) electrons. The minimum atomic E-state index is -0.131. The molecule has 2 nitrogen and oxygen atoms in total. The van der Waals surface area contributed by atoms with E-state index in [-0.39, 0.29) is 5.41 Å². The van der Waals surface area contributed by atoms with E-state index in [1.165, 1.54) is 71.6 Å². The second-order valence-electron chi connectivity index (χ2n) is 14.1. The van der Waals surface area contributed by atoms with Gasteiger partial charge in [-0.1, -0.05) is 159 Å². The van der Waals surface area contributed by atoms with Crippen molar-refractivity contribution in [1.82, 2.24) is 4.57 Å². The highest BCUT2D eigenvalue weighted by Gasteiger charge is 2.38. The Hall–Kier alpha value is -6.38. The number of hydrogen-bond donors (Lipinski definition) is 0. The van der Waals surface area contributed by atoms with E-state index in [1.807, 2.05) is 0 Å². The zero-order valence-corrected chi connectivity index (χ0v) is 28.7. The van der Waals surface area contributed by atoms with Crippen LogP contribution in [0.15, 0.2) is 182 Å². The summed E-state index contributed by atoms with van der Waals surface area (Å²) in [6.45, 7) is 4.73. The molecule has 10 rings (SSSR count). The van der Waals surface area contributed by atoms with Crippen LogP contribution in [0.5, 0.6) is 0 Å². The van der Waals surface area contributed by atoms with Crippen LogP contribution < -0.4 is 4.90 Å². The van der Waals surface area contributed by atoms with E-state index < -0.39 is 0 Å². The maximum atomic E-state index is 2.55. The third-order valence-corrected chi connectivity index (χ3v) is 11.0. The summed E-state index contributed by atoms with van der Waals surface area (Å²) in [6, 6.07) is 66.7. The molecule has 0 saturated heterocycles. The molecule has 1 aliphatic rings. The zero-order chi connectivity index (χ0) is 34.1. The van der Waals surface area contributed by atoms with Crippen LogP contribution in [-0.2, 0) is 5.41 Å². The van der Waals surface area contributed by atoms with Crippen LogP contribution in [0.1, 0.15) is 25.0 Å². The van der Waals surface area contributed by atoms with Gasteiger partial charge in [-0.2, -0.15) is 0 Å². The van der Waals surface area contributed by atoms with Crippen molar-refractivity contribution in [3.63, 3.8) is 0 Å². The number of aromatic nitrogens is 1. The number of anilines is 3. The van der Waals surface area contributed by atoms with E-state index in [4.69, 9.17) is 0 Å². The molecule has 0 spiro atoms. The van der Waals surface area contributed by atoms with Crippen molar-refractivity contribution in [1.29, 1.82) is 0 Å². The summed E-state index contributed by atoms with van der Waals surface area (Å²) in [6.07, 6.45) is 0. The first-order chi connectivity index (χ1) is 25.1. The predicted molar refractivity (Wildman–Crippen MR) is 216 cm³/mol. The molecular formula is C49H36N2. The van der Waals surface area contributed by atoms with Gasteiger partial charge in [-0.15, -0.1) is 0 Å². The fourth-order valence-corrected chi connectivity index (χ4v) is 8.61. The lowest BCUT2D eigenvalue weighted by Gasteiger charge is -2.32. The van der Waals surface area contributed by atoms with Gasteiger partial charge in [-0.05, 0) is 69.6 Å². The first kappa shape index (κ1) is 29.5. The quantitative estimate of drug-likeness (QED) is 0.180. The Morgan fingerprint density at radius 2 is 1.08 bits per heavy atom. The van der Waals surface area contributed by atoms with Crippen molar-refractivity contribution in [3.05, 3.63) is 193 Å². The Morgan fingerprint density at radius 1 is 0.471 bits per heavy atom. The monoisotopic (exact) mass is 652 g/mol. The van der Waals surface area contributed by atoms with Crippen molar-refractivity contribution in [2.75, 3.05) is 4.90 Å². The van der Waals surface area contributed by atoms with Crippen LogP contribution in [0.25, 0.3) is 60.5 Å². The lowest BCUT2D eigenvalue weighted by atomic mass is 9.82. The lowest BCUT2D eigenvalue weighted by Crippen LogP contribution is -2.17. The van der Waals surface area contributed by atoms with Gasteiger partial charge in [0.1, 0.15) is 0 Å². The summed E-state index contributed by atoms with van der Waals surface area (Å²) < 4.78 is 2.47. The third kappa shape index (κ3) is 4.43. The smallest absolute Gasteiger partial charge is 0.0781 e. The van der Waals surface area contributed by atoms with Crippen LogP contribution >= 0.6 is 0 Å². The summed E-state index contributed by atoms with van der Waals surface area (Å²) in [5.74, 6) is 0. The first-order valence-electron chi connectivity index (χ1n) is 17.8. The van der Waals surface area contributed by atoms with E-state index in [1.54, 1.807) is 0 Å². The average Bonchev–Trinajstić information content (AvgIpc) is 3.64. The fraction of sp³-hybridized carbons (Fsp3) is 0.0612. The SMILES string of the molecule is CC1(C)c2ccccc2-c2c(N(c3cccc(-c4ccccc4)c3)c3c(-n4c5ccccc5c5ccccc54)ccc4ccccc34)cccc21. The van der Waals surface area contributed by atoms with Crippen LogP contribution in [-0.4, -0.2) is 4.57 Å². The van der Waals surface area contributed by atoms with Gasteiger partial charge in [-0.3, -0.25) is 0 Å². The first-order valence-corrected chi connectivity index (χ1v) is 17.8. The van der Waals surface area contributed by atoms with Crippen LogP contribution in [0, 0.1) is 0 Å². The maximum absolute atomic E-state index is 2.55. The largest absolute Gasteiger partial charge is 0.307 e. The highest BCUT2D eigenvalue weighted by atomic mass is 15.2. The number of para-hydroxylation sites is 2. The molecule has 1 heterocycles. The zero-order valence-electron chi connectivity index (χ0n) is 28.7. The molecular weight excluding hydrogens is 617 g/mol. The minimum absolute atomic E-state index is 0.131. The summed E-state index contributed by atoms with van der Waals surface area (Å²) in [5, 5.41) is 4.90. The fourth-order valence-electron chi connectivity index (χ4n) is 8.61. The summed E-state index contributed by atoms with van der Waals surface area (Å²) in [7, 11) is 0. The number of hydrogen-bond acceptors (Lipinski definition) is 1. The predicted octanol–water partition coefficient (Wildman–Crippen LogP) is 13.4. The molecule has 0 aliphatic heterocycles. The van der Waals surface area contributed by atoms with Gasteiger partial charge < -0.3 is 9.47 Å². The molecule has 1 aliphatic carbocycles. The van der Waals surface area contributed by atoms with Gasteiger partial charge in [0.25, 0.3) is 0 Å². The number of nitrogens with zero attached hydrogens (tertiary/aromatic N) is 2. The van der Waals surface area contributed by atoms with Gasteiger partial charge in [0.2, 0.25) is 0 Å². The Labute approximate surface area is 298 Å². The topological polar surface area (TPSA) is 8.17 Å². The molecule has 0 unspecified atom stereocenters. The van der Waals surface area contributed by atoms with Gasteiger partial charge in [0.05, 0.1) is 28.1 Å². The molecule has 51 heavy (non-hydrogen) atoms. The Kier molecular flexibility index (Phi) is 6.56.